The Morgan fingerprint density at radius 1 is 0.562 bits per heavy atom. The molecule has 1 amide bonds. The zero-order valence-electron chi connectivity index (χ0n) is 41.1. The van der Waals surface area contributed by atoms with E-state index >= 15 is 0 Å². The number of ether oxygens (including phenoxy) is 2. The van der Waals surface area contributed by atoms with Crippen LogP contribution in [0.5, 0.6) is 0 Å². The Balaban J connectivity index is 2.37. The maximum atomic E-state index is 13.1. The smallest absolute Gasteiger partial charge is 0.394 e. The Kier molecular flexibility index (Phi) is 40.3. The summed E-state index contributed by atoms with van der Waals surface area (Å²) in [5.74, 6) is -0.223. The second kappa shape index (κ2) is 42.2. The van der Waals surface area contributed by atoms with Crippen LogP contribution in [0.2, 0.25) is 0 Å². The first kappa shape index (κ1) is 61.1. The van der Waals surface area contributed by atoms with Crippen LogP contribution >= 0.6 is 0 Å². The monoisotopic (exact) mass is 936 g/mol. The van der Waals surface area contributed by atoms with Crippen LogP contribution in [0, 0.1) is 0 Å². The fourth-order valence-electron chi connectivity index (χ4n) is 8.99. The van der Waals surface area contributed by atoms with Crippen molar-refractivity contribution in [1.82, 2.24) is 5.32 Å². The molecule has 0 aliphatic carbocycles. The van der Waals surface area contributed by atoms with Gasteiger partial charge in [0, 0.05) is 6.42 Å². The van der Waals surface area contributed by atoms with E-state index in [1.807, 2.05) is 0 Å². The average Bonchev–Trinajstić information content (AvgIpc) is 3.27. The van der Waals surface area contributed by atoms with E-state index in [0.717, 1.165) is 51.4 Å². The van der Waals surface area contributed by atoms with Crippen LogP contribution in [0.1, 0.15) is 264 Å². The van der Waals surface area contributed by atoms with Crippen molar-refractivity contribution in [3.63, 3.8) is 0 Å². The number of aliphatic hydroxyl groups is 4. The van der Waals surface area contributed by atoms with Gasteiger partial charge in [-0.05, 0) is 12.8 Å². The molecule has 0 radical (unpaired) electrons. The summed E-state index contributed by atoms with van der Waals surface area (Å²) in [6.07, 6.45) is 38.2. The van der Waals surface area contributed by atoms with Gasteiger partial charge in [0.2, 0.25) is 5.91 Å². The van der Waals surface area contributed by atoms with Crippen molar-refractivity contribution in [1.29, 1.82) is 0 Å². The fourth-order valence-corrected chi connectivity index (χ4v) is 9.50. The molecule has 0 spiro atoms. The molecule has 13 heteroatoms. The van der Waals surface area contributed by atoms with Gasteiger partial charge in [0.25, 0.3) is 0 Å². The predicted molar refractivity (Wildman–Crippen MR) is 259 cm³/mol. The van der Waals surface area contributed by atoms with E-state index in [1.54, 1.807) is 0 Å². The van der Waals surface area contributed by atoms with Gasteiger partial charge in [-0.1, -0.05) is 245 Å². The minimum Gasteiger partial charge on any atom is -0.394 e. The Morgan fingerprint density at radius 2 is 0.906 bits per heavy atom. The number of rotatable bonds is 47. The third kappa shape index (κ3) is 34.4. The molecule has 0 aromatic heterocycles. The second-order valence-electron chi connectivity index (χ2n) is 19.2. The molecule has 6 N–H and O–H groups in total. The first-order chi connectivity index (χ1) is 31.0. The molecule has 0 saturated carbocycles. The number of carbonyl (C=O) groups excluding carboxylic acids is 1. The lowest BCUT2D eigenvalue weighted by atomic mass is 9.99. The number of nitrogens with one attached hydrogen (secondary N) is 1. The van der Waals surface area contributed by atoms with Crippen molar-refractivity contribution in [2.24, 2.45) is 0 Å². The van der Waals surface area contributed by atoms with Gasteiger partial charge < -0.3 is 35.2 Å². The van der Waals surface area contributed by atoms with Gasteiger partial charge in [0.15, 0.2) is 6.29 Å². The number of unbranched alkanes of at least 4 members (excludes halogenated alkanes) is 35. The highest BCUT2D eigenvalue weighted by Gasteiger charge is 2.48. The second-order valence-corrected chi connectivity index (χ2v) is 20.2. The van der Waals surface area contributed by atoms with Gasteiger partial charge in [-0.25, -0.2) is 4.18 Å². The van der Waals surface area contributed by atoms with Crippen molar-refractivity contribution < 1.29 is 51.8 Å². The summed E-state index contributed by atoms with van der Waals surface area (Å²) >= 11 is 0. The summed E-state index contributed by atoms with van der Waals surface area (Å²) in [5.41, 5.74) is 0. The maximum absolute atomic E-state index is 13.1. The molecule has 12 nitrogen and oxygen atoms in total. The van der Waals surface area contributed by atoms with Gasteiger partial charge in [0.05, 0.1) is 25.4 Å². The molecule has 64 heavy (non-hydrogen) atoms. The average molecular weight is 936 g/mol. The Morgan fingerprint density at radius 3 is 1.25 bits per heavy atom. The molecule has 382 valence electrons. The first-order valence-corrected chi connectivity index (χ1v) is 28.3. The Labute approximate surface area is 392 Å². The summed E-state index contributed by atoms with van der Waals surface area (Å²) in [5, 5.41) is 45.0. The quantitative estimate of drug-likeness (QED) is 0.0251. The maximum Gasteiger partial charge on any atom is 0.397 e. The van der Waals surface area contributed by atoms with Crippen LogP contribution in [-0.2, 0) is 28.9 Å². The molecule has 1 rings (SSSR count). The highest BCUT2D eigenvalue weighted by atomic mass is 32.3. The molecule has 1 saturated heterocycles. The van der Waals surface area contributed by atoms with Crippen LogP contribution in [-0.4, -0.2) is 95.4 Å². The van der Waals surface area contributed by atoms with E-state index in [2.05, 4.69) is 23.3 Å². The minimum absolute atomic E-state index is 0.223. The molecule has 1 fully saturated rings. The molecule has 0 bridgehead atoms. The SMILES string of the molecule is CCCCCCCCCCCCCCCCCCCCCCCCC(=O)NC(COC1OC(CO)C(O)C(OS(=O)(=O)O)C1O)C(O)CCCCCCCCCCCCCCCCC. The zero-order chi connectivity index (χ0) is 46.9. The van der Waals surface area contributed by atoms with E-state index in [9.17, 15) is 38.2 Å². The molecular formula is C51H101NO11S. The van der Waals surface area contributed by atoms with Crippen molar-refractivity contribution in [3.05, 3.63) is 0 Å². The highest BCUT2D eigenvalue weighted by molar-refractivity contribution is 7.80. The van der Waals surface area contributed by atoms with E-state index in [-0.39, 0.29) is 12.5 Å². The molecule has 0 aromatic carbocycles. The Hall–Kier alpha value is -0.900. The summed E-state index contributed by atoms with van der Waals surface area (Å²) in [6, 6.07) is -0.852. The number of amides is 1. The van der Waals surface area contributed by atoms with Crippen LogP contribution in [0.4, 0.5) is 0 Å². The van der Waals surface area contributed by atoms with Crippen molar-refractivity contribution >= 4 is 16.3 Å². The van der Waals surface area contributed by atoms with Crippen LogP contribution in [0.3, 0.4) is 0 Å². The standard InChI is InChI=1S/C51H101NO11S/c1-3-5-7-9-11-13-15-17-19-20-21-22-23-24-25-27-29-31-33-35-37-39-41-47(55)52-44(43-61-51-49(57)50(63-64(58,59)60)48(56)46(42-53)62-51)45(54)40-38-36-34-32-30-28-26-18-16-14-12-10-8-6-4-2/h44-46,48-51,53-54,56-57H,3-43H2,1-2H3,(H,52,55)(H,58,59,60). The largest absolute Gasteiger partial charge is 0.397 e. The summed E-state index contributed by atoms with van der Waals surface area (Å²) in [7, 11) is -5.07. The molecule has 7 atom stereocenters. The number of hydrogen-bond acceptors (Lipinski definition) is 10. The fraction of sp³-hybridized carbons (Fsp3) is 0.980. The normalized spacial score (nSPS) is 20.1. The van der Waals surface area contributed by atoms with Crippen molar-refractivity contribution in [2.45, 2.75) is 307 Å². The lowest BCUT2D eigenvalue weighted by Crippen LogP contribution is -2.61. The molecule has 7 unspecified atom stereocenters. The van der Waals surface area contributed by atoms with Crippen molar-refractivity contribution in [2.75, 3.05) is 13.2 Å². The lowest BCUT2D eigenvalue weighted by molar-refractivity contribution is -0.298. The van der Waals surface area contributed by atoms with E-state index in [4.69, 9.17) is 9.47 Å². The Bertz CT molecular complexity index is 1150. The van der Waals surface area contributed by atoms with Crippen LogP contribution in [0.15, 0.2) is 0 Å². The molecule has 0 aromatic rings. The molecule has 1 aliphatic rings. The number of aliphatic hydroxyl groups excluding tert-OH is 4. The van der Waals surface area contributed by atoms with Gasteiger partial charge in [-0.2, -0.15) is 8.42 Å². The lowest BCUT2D eigenvalue weighted by Gasteiger charge is -2.41. The minimum atomic E-state index is -5.07. The van der Waals surface area contributed by atoms with Gasteiger partial charge in [-0.15, -0.1) is 0 Å². The third-order valence-corrected chi connectivity index (χ3v) is 13.6. The number of carbonyl (C=O) groups is 1. The summed E-state index contributed by atoms with van der Waals surface area (Å²) in [4.78, 5) is 13.1. The summed E-state index contributed by atoms with van der Waals surface area (Å²) in [6.45, 7) is 3.49. The number of hydrogen-bond donors (Lipinski definition) is 6. The van der Waals surface area contributed by atoms with Crippen molar-refractivity contribution in [3.8, 4) is 0 Å². The molecule has 1 heterocycles. The van der Waals surface area contributed by atoms with E-state index in [1.165, 1.54) is 186 Å². The summed E-state index contributed by atoms with van der Waals surface area (Å²) < 4.78 is 47.8. The van der Waals surface area contributed by atoms with Crippen LogP contribution in [0.25, 0.3) is 0 Å². The van der Waals surface area contributed by atoms with E-state index < -0.39 is 59.9 Å². The van der Waals surface area contributed by atoms with Gasteiger partial charge >= 0.3 is 10.4 Å². The van der Waals surface area contributed by atoms with E-state index in [0.29, 0.717) is 12.8 Å². The van der Waals surface area contributed by atoms with Gasteiger partial charge in [0.1, 0.15) is 24.4 Å². The van der Waals surface area contributed by atoms with Crippen LogP contribution < -0.4 is 5.32 Å². The van der Waals surface area contributed by atoms with Gasteiger partial charge in [-0.3, -0.25) is 9.35 Å². The molecule has 1 aliphatic heterocycles. The molecular weight excluding hydrogens is 835 g/mol. The highest BCUT2D eigenvalue weighted by Crippen LogP contribution is 2.26. The topological polar surface area (TPSA) is 192 Å². The predicted octanol–water partition coefficient (Wildman–Crippen LogP) is 11.7. The zero-order valence-corrected chi connectivity index (χ0v) is 41.9. The first-order valence-electron chi connectivity index (χ1n) is 26.9. The third-order valence-electron chi connectivity index (χ3n) is 13.2.